The van der Waals surface area contributed by atoms with Crippen molar-refractivity contribution in [3.63, 3.8) is 0 Å². The molecule has 129 valence electrons. The molecular formula is C27H21. The van der Waals surface area contributed by atoms with Crippen LogP contribution in [0.5, 0.6) is 0 Å². The molecule has 3 fully saturated rings. The molecule has 3 aliphatic carbocycles. The van der Waals surface area contributed by atoms with Gasteiger partial charge in [-0.05, 0) is 112 Å². The number of allylic oxidation sites excluding steroid dienone is 3. The molecule has 0 heteroatoms. The zero-order valence-electron chi connectivity index (χ0n) is 15.1. The molecule has 0 aliphatic heterocycles. The SMILES string of the molecule is [CH]1[CH][CH][C](/C=C/c2cc(/C=C/[C]3[CH][CH][CH][CH]3)cc(/C=C/[C]3[CH][CH][CH][CH]3)c2)[CH]1. The summed E-state index contributed by atoms with van der Waals surface area (Å²) in [4.78, 5) is 0. The first-order chi connectivity index (χ1) is 13.3. The van der Waals surface area contributed by atoms with E-state index in [1.807, 2.05) is 0 Å². The molecule has 0 saturated heterocycles. The van der Waals surface area contributed by atoms with Gasteiger partial charge < -0.3 is 0 Å². The van der Waals surface area contributed by atoms with Crippen LogP contribution in [0.2, 0.25) is 0 Å². The fourth-order valence-electron chi connectivity index (χ4n) is 3.07. The van der Waals surface area contributed by atoms with Crippen LogP contribution in [0.15, 0.2) is 36.4 Å². The predicted molar refractivity (Wildman–Crippen MR) is 115 cm³/mol. The molecule has 0 spiro atoms. The summed E-state index contributed by atoms with van der Waals surface area (Å²) in [5.74, 6) is 3.67. The van der Waals surface area contributed by atoms with Gasteiger partial charge in [0.2, 0.25) is 0 Å². The second-order valence-corrected chi connectivity index (χ2v) is 6.59. The molecule has 1 aromatic carbocycles. The summed E-state index contributed by atoms with van der Waals surface area (Å²) in [5, 5.41) is 0. The normalized spacial score (nSPS) is 23.1. The minimum atomic E-state index is 1.20. The van der Waals surface area contributed by atoms with Crippen LogP contribution in [0.1, 0.15) is 16.7 Å². The lowest BCUT2D eigenvalue weighted by Crippen LogP contribution is -1.88. The van der Waals surface area contributed by atoms with E-state index in [4.69, 9.17) is 0 Å². The van der Waals surface area contributed by atoms with E-state index in [-0.39, 0.29) is 0 Å². The van der Waals surface area contributed by atoms with E-state index in [1.165, 1.54) is 34.4 Å². The maximum Gasteiger partial charge on any atom is 0.00501 e. The maximum atomic E-state index is 2.22. The number of hydrogen-bond acceptors (Lipinski definition) is 0. The molecule has 0 atom stereocenters. The Labute approximate surface area is 166 Å². The van der Waals surface area contributed by atoms with E-state index in [9.17, 15) is 0 Å². The van der Waals surface area contributed by atoms with Crippen molar-refractivity contribution in [1.82, 2.24) is 0 Å². The van der Waals surface area contributed by atoms with Crippen molar-refractivity contribution < 1.29 is 0 Å². The van der Waals surface area contributed by atoms with Crippen LogP contribution < -0.4 is 0 Å². The van der Waals surface area contributed by atoms with Gasteiger partial charge in [0.1, 0.15) is 0 Å². The second kappa shape index (κ2) is 9.58. The van der Waals surface area contributed by atoms with Crippen LogP contribution in [0.4, 0.5) is 0 Å². The van der Waals surface area contributed by atoms with Gasteiger partial charge in [0.25, 0.3) is 0 Å². The molecule has 0 heterocycles. The van der Waals surface area contributed by atoms with Crippen LogP contribution in [0, 0.1) is 94.8 Å². The van der Waals surface area contributed by atoms with Crippen LogP contribution in [0.3, 0.4) is 0 Å². The Morgan fingerprint density at radius 3 is 0.852 bits per heavy atom. The number of hydrogen-bond donors (Lipinski definition) is 0. The van der Waals surface area contributed by atoms with Gasteiger partial charge in [-0.15, -0.1) is 0 Å². The summed E-state index contributed by atoms with van der Waals surface area (Å²) < 4.78 is 0. The average molecular weight is 345 g/mol. The average Bonchev–Trinajstić information content (AvgIpc) is 3.46. The Kier molecular flexibility index (Phi) is 6.67. The highest BCUT2D eigenvalue weighted by atomic mass is 14.2. The highest BCUT2D eigenvalue weighted by molar-refractivity contribution is 5.68. The van der Waals surface area contributed by atoms with Crippen molar-refractivity contribution >= 4 is 18.2 Å². The summed E-state index contributed by atoms with van der Waals surface area (Å²) in [6.45, 7) is 0. The molecular weight excluding hydrogens is 324 g/mol. The molecule has 0 amide bonds. The van der Waals surface area contributed by atoms with Crippen molar-refractivity contribution in [2.24, 2.45) is 0 Å². The van der Waals surface area contributed by atoms with E-state index in [0.717, 1.165) is 0 Å². The first-order valence-corrected chi connectivity index (χ1v) is 9.20. The minimum Gasteiger partial charge on any atom is -0.0762 e. The topological polar surface area (TPSA) is 0 Å². The lowest BCUT2D eigenvalue weighted by atomic mass is 9.99. The van der Waals surface area contributed by atoms with Gasteiger partial charge >= 0.3 is 0 Å². The van der Waals surface area contributed by atoms with Crippen molar-refractivity contribution in [1.29, 1.82) is 0 Å². The molecule has 4 rings (SSSR count). The molecule has 3 aliphatic rings. The first kappa shape index (κ1) is 18.8. The monoisotopic (exact) mass is 345 g/mol. The molecule has 27 heavy (non-hydrogen) atoms. The Morgan fingerprint density at radius 1 is 0.333 bits per heavy atom. The van der Waals surface area contributed by atoms with Crippen LogP contribution in [-0.4, -0.2) is 0 Å². The summed E-state index contributed by atoms with van der Waals surface area (Å²) >= 11 is 0. The Balaban J connectivity index is 1.52. The number of rotatable bonds is 6. The Bertz CT molecular complexity index is 564. The smallest absolute Gasteiger partial charge is 0.00501 e. The van der Waals surface area contributed by atoms with Gasteiger partial charge in [-0.25, -0.2) is 0 Å². The van der Waals surface area contributed by atoms with Crippen molar-refractivity contribution in [2.45, 2.75) is 0 Å². The van der Waals surface area contributed by atoms with Gasteiger partial charge in [-0.2, -0.15) is 0 Å². The molecule has 0 unspecified atom stereocenters. The third-order valence-electron chi connectivity index (χ3n) is 4.47. The summed E-state index contributed by atoms with van der Waals surface area (Å²) in [5.41, 5.74) is 3.59. The van der Waals surface area contributed by atoms with Crippen molar-refractivity contribution in [2.75, 3.05) is 0 Å². The third kappa shape index (κ3) is 5.71. The Hall–Kier alpha value is -1.56. The minimum absolute atomic E-state index is 1.20. The summed E-state index contributed by atoms with van der Waals surface area (Å²) in [6.07, 6.45) is 38.1. The van der Waals surface area contributed by atoms with Gasteiger partial charge in [0.05, 0.1) is 0 Å². The van der Waals surface area contributed by atoms with Gasteiger partial charge in [-0.1, -0.05) is 36.5 Å². The van der Waals surface area contributed by atoms with Crippen molar-refractivity contribution in [3.8, 4) is 0 Å². The molecule has 15 radical (unpaired) electrons. The summed E-state index contributed by atoms with van der Waals surface area (Å²) in [7, 11) is 0. The van der Waals surface area contributed by atoms with Gasteiger partial charge in [0, 0.05) is 17.8 Å². The summed E-state index contributed by atoms with van der Waals surface area (Å²) in [6, 6.07) is 6.66. The van der Waals surface area contributed by atoms with E-state index < -0.39 is 0 Å². The van der Waals surface area contributed by atoms with Crippen LogP contribution >= 0.6 is 0 Å². The second-order valence-electron chi connectivity index (χ2n) is 6.59. The van der Waals surface area contributed by atoms with Gasteiger partial charge in [-0.3, -0.25) is 0 Å². The van der Waals surface area contributed by atoms with E-state index >= 15 is 0 Å². The zero-order chi connectivity index (χ0) is 18.3. The highest BCUT2D eigenvalue weighted by Gasteiger charge is 2.15. The van der Waals surface area contributed by atoms with Crippen molar-refractivity contribution in [3.05, 3.63) is 148 Å². The van der Waals surface area contributed by atoms with Crippen LogP contribution in [0.25, 0.3) is 18.2 Å². The van der Waals surface area contributed by atoms with E-state index in [1.54, 1.807) is 0 Å². The van der Waals surface area contributed by atoms with E-state index in [0.29, 0.717) is 0 Å². The number of benzene rings is 1. The quantitative estimate of drug-likeness (QED) is 0.598. The largest absolute Gasteiger partial charge is 0.0762 e. The molecule has 0 bridgehead atoms. The van der Waals surface area contributed by atoms with Gasteiger partial charge in [0.15, 0.2) is 0 Å². The highest BCUT2D eigenvalue weighted by Crippen LogP contribution is 2.28. The van der Waals surface area contributed by atoms with E-state index in [2.05, 4.69) is 132 Å². The fraction of sp³-hybridized carbons (Fsp3) is 0. The molecule has 1 aromatic rings. The first-order valence-electron chi connectivity index (χ1n) is 9.20. The maximum absolute atomic E-state index is 2.22. The van der Waals surface area contributed by atoms with Crippen LogP contribution in [-0.2, 0) is 0 Å². The zero-order valence-corrected chi connectivity index (χ0v) is 15.1. The lowest BCUT2D eigenvalue weighted by molar-refractivity contribution is 1.38. The predicted octanol–water partition coefficient (Wildman–Crippen LogP) is 5.94. The third-order valence-corrected chi connectivity index (χ3v) is 4.47. The standard InChI is InChI=1S/C27H21/c1-2-8-22(7-1)13-16-25-19-26(17-14-23-9-3-4-10-23)21-27(20-25)18-15-24-11-5-6-12-24/h1-21H/b16-13+,17-14+,18-15+. The lowest BCUT2D eigenvalue weighted by Gasteiger charge is -2.06. The molecule has 3 saturated carbocycles. The Morgan fingerprint density at radius 2 is 0.593 bits per heavy atom. The molecule has 0 nitrogen and oxygen atoms in total. The fourth-order valence-corrected chi connectivity index (χ4v) is 3.07. The molecule has 0 N–H and O–H groups in total. The molecule has 0 aromatic heterocycles.